The van der Waals surface area contributed by atoms with Gasteiger partial charge in [0.05, 0.1) is 28.0 Å². The second-order valence-corrected chi connectivity index (χ2v) is 7.02. The first-order valence-electron chi connectivity index (χ1n) is 7.71. The summed E-state index contributed by atoms with van der Waals surface area (Å²) in [5.74, 6) is -2.18. The van der Waals surface area contributed by atoms with Gasteiger partial charge >= 0.3 is 0 Å². The third-order valence-corrected chi connectivity index (χ3v) is 5.29. The number of nitro benzene ring substituents is 1. The minimum Gasteiger partial charge on any atom is -0.359 e. The highest BCUT2D eigenvalue weighted by molar-refractivity contribution is 6.24. The average Bonchev–Trinajstić information content (AvgIpc) is 3.04. The average molecular weight is 328 g/mol. The van der Waals surface area contributed by atoms with Gasteiger partial charge in [-0.15, -0.1) is 0 Å². The van der Waals surface area contributed by atoms with E-state index in [0.29, 0.717) is 5.56 Å². The zero-order valence-electron chi connectivity index (χ0n) is 13.5. The number of nitrogens with zero attached hydrogens (tertiary/aromatic N) is 2. The first-order valence-corrected chi connectivity index (χ1v) is 7.71. The van der Waals surface area contributed by atoms with Crippen LogP contribution in [0.25, 0.3) is 0 Å². The molecule has 0 unspecified atom stereocenters. The number of nitro groups is 1. The lowest BCUT2D eigenvalue weighted by Gasteiger charge is -2.25. The van der Waals surface area contributed by atoms with Crippen molar-refractivity contribution in [2.45, 2.75) is 32.0 Å². The lowest BCUT2D eigenvalue weighted by atomic mass is 9.73. The van der Waals surface area contributed by atoms with Gasteiger partial charge in [-0.05, 0) is 32.4 Å². The number of amides is 2. The van der Waals surface area contributed by atoms with Gasteiger partial charge in [-0.25, -0.2) is 4.90 Å². The van der Waals surface area contributed by atoms with Gasteiger partial charge in [0.1, 0.15) is 5.69 Å². The summed E-state index contributed by atoms with van der Waals surface area (Å²) < 4.78 is 5.92. The Morgan fingerprint density at radius 2 is 1.67 bits per heavy atom. The molecule has 2 bridgehead atoms. The van der Waals surface area contributed by atoms with Gasteiger partial charge in [-0.2, -0.15) is 0 Å². The highest BCUT2D eigenvalue weighted by atomic mass is 16.6. The Balaban J connectivity index is 1.85. The van der Waals surface area contributed by atoms with Crippen molar-refractivity contribution >= 4 is 23.2 Å². The van der Waals surface area contributed by atoms with Crippen molar-refractivity contribution in [2.75, 3.05) is 4.90 Å². The maximum Gasteiger partial charge on any atom is 0.293 e. The maximum absolute atomic E-state index is 13.0. The number of fused-ring (bicyclic) bond motifs is 5. The minimum absolute atomic E-state index is 0.0293. The van der Waals surface area contributed by atoms with E-state index in [9.17, 15) is 19.7 Å². The molecule has 3 aliphatic heterocycles. The molecular weight excluding hydrogens is 312 g/mol. The lowest BCUT2D eigenvalue weighted by Crippen LogP contribution is -2.39. The van der Waals surface area contributed by atoms with Gasteiger partial charge in [0.25, 0.3) is 5.69 Å². The van der Waals surface area contributed by atoms with E-state index in [1.807, 2.05) is 12.2 Å². The molecule has 0 aromatic heterocycles. The van der Waals surface area contributed by atoms with Crippen molar-refractivity contribution in [3.63, 3.8) is 0 Å². The molecule has 0 spiro atoms. The van der Waals surface area contributed by atoms with E-state index < -0.39 is 39.8 Å². The number of carbonyl (C=O) groups is 2. The van der Waals surface area contributed by atoms with E-state index in [1.165, 1.54) is 12.1 Å². The highest BCUT2D eigenvalue weighted by Crippen LogP contribution is 2.57. The van der Waals surface area contributed by atoms with Crippen molar-refractivity contribution in [1.29, 1.82) is 0 Å². The van der Waals surface area contributed by atoms with Gasteiger partial charge in [-0.1, -0.05) is 18.2 Å². The van der Waals surface area contributed by atoms with Crippen molar-refractivity contribution in [1.82, 2.24) is 0 Å². The third kappa shape index (κ3) is 1.65. The zero-order valence-corrected chi connectivity index (χ0v) is 13.5. The molecule has 2 amide bonds. The molecule has 7 heteroatoms. The molecule has 0 saturated carbocycles. The molecule has 124 valence electrons. The molecule has 0 radical (unpaired) electrons. The fourth-order valence-electron chi connectivity index (χ4n) is 4.24. The summed E-state index contributed by atoms with van der Waals surface area (Å²) in [5, 5.41) is 11.4. The van der Waals surface area contributed by atoms with Crippen LogP contribution in [0.2, 0.25) is 0 Å². The van der Waals surface area contributed by atoms with E-state index in [-0.39, 0.29) is 11.4 Å². The molecule has 4 atom stereocenters. The van der Waals surface area contributed by atoms with Crippen LogP contribution in [-0.4, -0.2) is 27.9 Å². The number of imide groups is 1. The minimum atomic E-state index is -0.847. The molecule has 3 heterocycles. The van der Waals surface area contributed by atoms with E-state index in [2.05, 4.69) is 0 Å². The molecule has 4 rings (SSSR count). The summed E-state index contributed by atoms with van der Waals surface area (Å²) >= 11 is 0. The first kappa shape index (κ1) is 15.0. The fourth-order valence-corrected chi connectivity index (χ4v) is 4.24. The van der Waals surface area contributed by atoms with Crippen LogP contribution in [0.15, 0.2) is 30.4 Å². The Bertz CT molecular complexity index is 811. The van der Waals surface area contributed by atoms with Gasteiger partial charge in [0.15, 0.2) is 0 Å². The standard InChI is InChI=1S/C17H16N2O5/c1-9-4-5-10(11(8-9)19(22)23)18-14(20)12-13(15(18)21)17(3)7-6-16(12,2)24-17/h4-8,12-13H,1-3H3/t12-,13+,16-,17-/m1/s1. The predicted octanol–water partition coefficient (Wildman–Crippen LogP) is 2.13. The molecule has 0 N–H and O–H groups in total. The largest absolute Gasteiger partial charge is 0.359 e. The van der Waals surface area contributed by atoms with Crippen molar-refractivity contribution < 1.29 is 19.2 Å². The Hall–Kier alpha value is -2.54. The molecule has 2 fully saturated rings. The summed E-state index contributed by atoms with van der Waals surface area (Å²) in [4.78, 5) is 37.7. The van der Waals surface area contributed by atoms with Gasteiger partial charge in [0, 0.05) is 6.07 Å². The summed E-state index contributed by atoms with van der Waals surface area (Å²) in [6, 6.07) is 4.49. The van der Waals surface area contributed by atoms with Crippen LogP contribution in [0, 0.1) is 28.9 Å². The normalized spacial score (nSPS) is 36.5. The van der Waals surface area contributed by atoms with Gasteiger partial charge in [-0.3, -0.25) is 19.7 Å². The van der Waals surface area contributed by atoms with E-state index in [4.69, 9.17) is 4.74 Å². The molecular formula is C17H16N2O5. The van der Waals surface area contributed by atoms with Crippen molar-refractivity contribution in [3.05, 3.63) is 46.0 Å². The molecule has 3 aliphatic rings. The van der Waals surface area contributed by atoms with Crippen LogP contribution in [0.4, 0.5) is 11.4 Å². The molecule has 24 heavy (non-hydrogen) atoms. The second-order valence-electron chi connectivity index (χ2n) is 7.02. The molecule has 7 nitrogen and oxygen atoms in total. The predicted molar refractivity (Wildman–Crippen MR) is 84.3 cm³/mol. The second kappa shape index (κ2) is 4.30. The zero-order chi connectivity index (χ0) is 17.4. The number of rotatable bonds is 2. The lowest BCUT2D eigenvalue weighted by molar-refractivity contribution is -0.384. The van der Waals surface area contributed by atoms with E-state index >= 15 is 0 Å². The van der Waals surface area contributed by atoms with Crippen molar-refractivity contribution in [2.24, 2.45) is 11.8 Å². The molecule has 0 aliphatic carbocycles. The summed E-state index contributed by atoms with van der Waals surface area (Å²) in [6.07, 6.45) is 3.62. The number of hydrogen-bond acceptors (Lipinski definition) is 5. The number of carbonyl (C=O) groups excluding carboxylic acids is 2. The van der Waals surface area contributed by atoms with Gasteiger partial charge < -0.3 is 4.74 Å². The Kier molecular flexibility index (Phi) is 2.69. The first-order chi connectivity index (χ1) is 11.2. The SMILES string of the molecule is Cc1ccc(N2C(=O)[C@@H]3[C@H](C2=O)[C@@]2(C)C=C[C@@]3(C)O2)c([N+](=O)[O-])c1. The van der Waals surface area contributed by atoms with Crippen LogP contribution in [0.3, 0.4) is 0 Å². The van der Waals surface area contributed by atoms with E-state index in [1.54, 1.807) is 26.8 Å². The number of benzene rings is 1. The number of anilines is 1. The quantitative estimate of drug-likeness (QED) is 0.359. The highest BCUT2D eigenvalue weighted by Gasteiger charge is 2.70. The summed E-state index contributed by atoms with van der Waals surface area (Å²) in [7, 11) is 0. The Morgan fingerprint density at radius 3 is 2.17 bits per heavy atom. The van der Waals surface area contributed by atoms with Crippen LogP contribution < -0.4 is 4.90 Å². The summed E-state index contributed by atoms with van der Waals surface area (Å²) in [5.41, 5.74) is -1.22. The Morgan fingerprint density at radius 1 is 1.12 bits per heavy atom. The monoisotopic (exact) mass is 328 g/mol. The summed E-state index contributed by atoms with van der Waals surface area (Å²) in [6.45, 7) is 5.27. The number of aryl methyl sites for hydroxylation is 1. The Labute approximate surface area is 138 Å². The number of hydrogen-bond donors (Lipinski definition) is 0. The van der Waals surface area contributed by atoms with Crippen LogP contribution >= 0.6 is 0 Å². The molecule has 1 aromatic rings. The topological polar surface area (TPSA) is 89.8 Å². The van der Waals surface area contributed by atoms with Crippen LogP contribution in [0.1, 0.15) is 19.4 Å². The smallest absolute Gasteiger partial charge is 0.293 e. The van der Waals surface area contributed by atoms with Crippen LogP contribution in [0.5, 0.6) is 0 Å². The van der Waals surface area contributed by atoms with Crippen LogP contribution in [-0.2, 0) is 14.3 Å². The molecule has 1 aromatic carbocycles. The maximum atomic E-state index is 13.0. The molecule has 2 saturated heterocycles. The fraction of sp³-hybridized carbons (Fsp3) is 0.412. The van der Waals surface area contributed by atoms with Gasteiger partial charge in [0.2, 0.25) is 11.8 Å². The van der Waals surface area contributed by atoms with E-state index in [0.717, 1.165) is 4.90 Å². The van der Waals surface area contributed by atoms with Crippen molar-refractivity contribution in [3.8, 4) is 0 Å². The number of ether oxygens (including phenoxy) is 1. The third-order valence-electron chi connectivity index (χ3n) is 5.29.